The second-order valence-electron chi connectivity index (χ2n) is 6.79. The van der Waals surface area contributed by atoms with Crippen LogP contribution in [-0.2, 0) is 4.79 Å². The highest BCUT2D eigenvalue weighted by molar-refractivity contribution is 8.00. The van der Waals surface area contributed by atoms with E-state index in [4.69, 9.17) is 27.6 Å². The summed E-state index contributed by atoms with van der Waals surface area (Å²) < 4.78 is 5.72. The lowest BCUT2D eigenvalue weighted by Crippen LogP contribution is -2.41. The van der Waals surface area contributed by atoms with E-state index in [0.717, 1.165) is 12.8 Å². The molecule has 1 unspecified atom stereocenters. The predicted molar refractivity (Wildman–Crippen MR) is 116 cm³/mol. The summed E-state index contributed by atoms with van der Waals surface area (Å²) in [4.78, 5) is 27.3. The molecule has 1 aliphatic rings. The molecule has 0 N–H and O–H groups in total. The highest BCUT2D eigenvalue weighted by Crippen LogP contribution is 2.32. The number of amides is 2. The number of benzene rings is 2. The average molecular weight is 462 g/mol. The number of carbonyl (C=O) groups excluding carboxylic acids is 2. The Balaban J connectivity index is 1.50. The molecule has 154 valence electrons. The number of hydrogen-bond acceptors (Lipinski definition) is 6. The summed E-state index contributed by atoms with van der Waals surface area (Å²) in [5, 5.41) is 9.01. The number of rotatable bonds is 4. The molecule has 1 atom stereocenters. The molecule has 0 saturated carbocycles. The molecule has 2 heterocycles. The van der Waals surface area contributed by atoms with E-state index in [1.807, 2.05) is 6.07 Å². The van der Waals surface area contributed by atoms with Crippen molar-refractivity contribution in [2.75, 3.05) is 6.54 Å². The molecule has 1 aliphatic heterocycles. The molecule has 30 heavy (non-hydrogen) atoms. The molecule has 1 fully saturated rings. The number of imide groups is 1. The maximum absolute atomic E-state index is 13.1. The zero-order valence-electron chi connectivity index (χ0n) is 15.8. The summed E-state index contributed by atoms with van der Waals surface area (Å²) >= 11 is 13.1. The number of hydrogen-bond donors (Lipinski definition) is 0. The van der Waals surface area contributed by atoms with Crippen molar-refractivity contribution in [2.24, 2.45) is 0 Å². The molecular weight excluding hydrogens is 445 g/mol. The fraction of sp³-hybridized carbons (Fsp3) is 0.238. The minimum absolute atomic E-state index is 0.250. The minimum Gasteiger partial charge on any atom is -0.411 e. The molecule has 1 saturated heterocycles. The summed E-state index contributed by atoms with van der Waals surface area (Å²) in [5.74, 6) is -0.246. The van der Waals surface area contributed by atoms with Crippen molar-refractivity contribution in [3.05, 3.63) is 64.1 Å². The molecule has 4 rings (SSSR count). The van der Waals surface area contributed by atoms with E-state index in [1.54, 1.807) is 42.5 Å². The van der Waals surface area contributed by atoms with Gasteiger partial charge in [0.25, 0.3) is 11.1 Å². The molecule has 9 heteroatoms. The van der Waals surface area contributed by atoms with Gasteiger partial charge in [-0.3, -0.25) is 14.5 Å². The first-order chi connectivity index (χ1) is 14.5. The summed E-state index contributed by atoms with van der Waals surface area (Å²) in [5.41, 5.74) is 1.13. The molecule has 3 aromatic rings. The third kappa shape index (κ3) is 4.69. The van der Waals surface area contributed by atoms with E-state index in [2.05, 4.69) is 10.2 Å². The molecule has 0 spiro atoms. The predicted octanol–water partition coefficient (Wildman–Crippen LogP) is 5.36. The van der Waals surface area contributed by atoms with Crippen molar-refractivity contribution in [1.82, 2.24) is 15.1 Å². The fourth-order valence-electron chi connectivity index (χ4n) is 3.18. The zero-order chi connectivity index (χ0) is 21.1. The fourth-order valence-corrected chi connectivity index (χ4v) is 4.47. The topological polar surface area (TPSA) is 76.3 Å². The van der Waals surface area contributed by atoms with E-state index in [1.165, 1.54) is 16.7 Å². The maximum atomic E-state index is 13.1. The van der Waals surface area contributed by atoms with Crippen molar-refractivity contribution >= 4 is 46.8 Å². The van der Waals surface area contributed by atoms with Crippen LogP contribution in [0.25, 0.3) is 11.5 Å². The second kappa shape index (κ2) is 9.20. The van der Waals surface area contributed by atoms with E-state index in [9.17, 15) is 9.59 Å². The number of nitrogens with zero attached hydrogens (tertiary/aromatic N) is 3. The van der Waals surface area contributed by atoms with Crippen LogP contribution in [0.3, 0.4) is 0 Å². The molecule has 0 radical (unpaired) electrons. The first-order valence-electron chi connectivity index (χ1n) is 9.38. The number of thioether (sulfide) groups is 1. The van der Waals surface area contributed by atoms with Crippen LogP contribution < -0.4 is 0 Å². The number of likely N-dealkylation sites (tertiary alicyclic amines) is 1. The van der Waals surface area contributed by atoms with Crippen LogP contribution in [0.15, 0.2) is 58.2 Å². The summed E-state index contributed by atoms with van der Waals surface area (Å²) in [6.45, 7) is 0.384. The lowest BCUT2D eigenvalue weighted by Gasteiger charge is -2.21. The Morgan fingerprint density at radius 3 is 2.63 bits per heavy atom. The Morgan fingerprint density at radius 1 is 1.07 bits per heavy atom. The van der Waals surface area contributed by atoms with Gasteiger partial charge in [0.1, 0.15) is 0 Å². The van der Waals surface area contributed by atoms with Crippen LogP contribution in [-0.4, -0.2) is 38.7 Å². The van der Waals surface area contributed by atoms with Gasteiger partial charge in [-0.25, -0.2) is 0 Å². The van der Waals surface area contributed by atoms with Crippen LogP contribution in [0.4, 0.5) is 0 Å². The second-order valence-corrected chi connectivity index (χ2v) is 8.81. The monoisotopic (exact) mass is 461 g/mol. The van der Waals surface area contributed by atoms with Gasteiger partial charge in [-0.15, -0.1) is 10.2 Å². The normalized spacial score (nSPS) is 17.1. The van der Waals surface area contributed by atoms with Crippen LogP contribution in [0, 0.1) is 0 Å². The van der Waals surface area contributed by atoms with Gasteiger partial charge in [-0.2, -0.15) is 0 Å². The highest BCUT2D eigenvalue weighted by Gasteiger charge is 2.33. The molecule has 2 aromatic carbocycles. The lowest BCUT2D eigenvalue weighted by atomic mass is 10.2. The Morgan fingerprint density at radius 2 is 1.87 bits per heavy atom. The molecule has 0 aliphatic carbocycles. The SMILES string of the molecule is O=C(c1ccc(Cl)cc1)N1CCCCC(Sc2nnc(-c3cccc(Cl)c3)o2)C1=O. The lowest BCUT2D eigenvalue weighted by molar-refractivity contribution is -0.127. The Kier molecular flexibility index (Phi) is 6.41. The third-order valence-corrected chi connectivity index (χ3v) is 6.27. The quantitative estimate of drug-likeness (QED) is 0.486. The van der Waals surface area contributed by atoms with E-state index >= 15 is 0 Å². The van der Waals surface area contributed by atoms with Crippen LogP contribution in [0.1, 0.15) is 29.6 Å². The maximum Gasteiger partial charge on any atom is 0.277 e. The molecular formula is C21H17Cl2N3O3S. The standard InChI is InChI=1S/C21H17Cl2N3O3S/c22-15-9-7-13(8-10-15)19(27)26-11-2-1-6-17(20(26)28)30-21-25-24-18(29-21)14-4-3-5-16(23)12-14/h3-5,7-10,12,17H,1-2,6,11H2. The van der Waals surface area contributed by atoms with Crippen molar-refractivity contribution in [3.63, 3.8) is 0 Å². The molecule has 6 nitrogen and oxygen atoms in total. The first-order valence-corrected chi connectivity index (χ1v) is 11.0. The zero-order valence-corrected chi connectivity index (χ0v) is 18.1. The van der Waals surface area contributed by atoms with Gasteiger partial charge in [-0.05, 0) is 55.3 Å². The van der Waals surface area contributed by atoms with Crippen LogP contribution in [0.2, 0.25) is 10.0 Å². The van der Waals surface area contributed by atoms with Crippen molar-refractivity contribution < 1.29 is 14.0 Å². The van der Waals surface area contributed by atoms with Crippen LogP contribution in [0.5, 0.6) is 0 Å². The van der Waals surface area contributed by atoms with Gasteiger partial charge < -0.3 is 4.42 Å². The number of aromatic nitrogens is 2. The van der Waals surface area contributed by atoms with E-state index < -0.39 is 5.25 Å². The van der Waals surface area contributed by atoms with Crippen molar-refractivity contribution in [2.45, 2.75) is 29.7 Å². The largest absolute Gasteiger partial charge is 0.411 e. The average Bonchev–Trinajstić information content (AvgIpc) is 3.13. The first kappa shape index (κ1) is 20.9. The van der Waals surface area contributed by atoms with E-state index in [-0.39, 0.29) is 17.0 Å². The van der Waals surface area contributed by atoms with Gasteiger partial charge in [0, 0.05) is 27.7 Å². The summed E-state index contributed by atoms with van der Waals surface area (Å²) in [6, 6.07) is 13.6. The number of halogens is 2. The van der Waals surface area contributed by atoms with Gasteiger partial charge in [0.05, 0.1) is 5.25 Å². The summed E-state index contributed by atoms with van der Waals surface area (Å²) in [6.07, 6.45) is 2.20. The van der Waals surface area contributed by atoms with Crippen molar-refractivity contribution in [3.8, 4) is 11.5 Å². The van der Waals surface area contributed by atoms with Gasteiger partial charge in [0.15, 0.2) is 0 Å². The van der Waals surface area contributed by atoms with Crippen molar-refractivity contribution in [1.29, 1.82) is 0 Å². The Hall–Kier alpha value is -2.35. The Labute approximate surface area is 187 Å². The van der Waals surface area contributed by atoms with E-state index in [0.29, 0.717) is 40.0 Å². The summed E-state index contributed by atoms with van der Waals surface area (Å²) in [7, 11) is 0. The van der Waals surface area contributed by atoms with Crippen LogP contribution >= 0.6 is 35.0 Å². The molecule has 1 aromatic heterocycles. The molecule has 2 amide bonds. The minimum atomic E-state index is -0.476. The van der Waals surface area contributed by atoms with Gasteiger partial charge >= 0.3 is 0 Å². The Bertz CT molecular complexity index is 1070. The highest BCUT2D eigenvalue weighted by atomic mass is 35.5. The van der Waals surface area contributed by atoms with Gasteiger partial charge in [0.2, 0.25) is 11.8 Å². The number of carbonyl (C=O) groups is 2. The third-order valence-electron chi connectivity index (χ3n) is 4.70. The van der Waals surface area contributed by atoms with Gasteiger partial charge in [-0.1, -0.05) is 47.5 Å². The smallest absolute Gasteiger partial charge is 0.277 e. The molecule has 0 bridgehead atoms.